The predicted octanol–water partition coefficient (Wildman–Crippen LogP) is 6.05. The molecule has 0 bridgehead atoms. The smallest absolute Gasteiger partial charge is 0.407 e. The van der Waals surface area contributed by atoms with Gasteiger partial charge in [-0.3, -0.25) is 4.79 Å². The van der Waals surface area contributed by atoms with Crippen molar-refractivity contribution in [2.75, 3.05) is 20.3 Å². The standard InChI is InChI=1S/C27H36ClNO5/c1-7-33-24(30)27(5,18-32-6)17-23(29-25(31)34-26(2,3)4)15-19-11-13-20(14-12-19)21-9-8-10-22(28)16-21/h8-14,16,23H,7,15,17-18H2,1-6H3,(H,29,31)/t23-,27?/m1/s1. The lowest BCUT2D eigenvalue weighted by atomic mass is 9.82. The summed E-state index contributed by atoms with van der Waals surface area (Å²) in [5, 5.41) is 3.63. The third kappa shape index (κ3) is 8.65. The number of carbonyl (C=O) groups excluding carboxylic acids is 2. The molecule has 0 saturated carbocycles. The van der Waals surface area contributed by atoms with E-state index in [1.165, 1.54) is 0 Å². The van der Waals surface area contributed by atoms with Crippen LogP contribution in [0.25, 0.3) is 11.1 Å². The van der Waals surface area contributed by atoms with E-state index in [1.807, 2.05) is 69.3 Å². The van der Waals surface area contributed by atoms with Gasteiger partial charge in [-0.15, -0.1) is 0 Å². The van der Waals surface area contributed by atoms with Crippen molar-refractivity contribution in [3.8, 4) is 11.1 Å². The normalized spacial score (nSPS) is 14.1. The Bertz CT molecular complexity index is 954. The van der Waals surface area contributed by atoms with Crippen molar-refractivity contribution in [2.24, 2.45) is 5.41 Å². The molecule has 2 rings (SSSR count). The number of esters is 1. The summed E-state index contributed by atoms with van der Waals surface area (Å²) in [6.07, 6.45) is 0.305. The molecule has 2 atom stereocenters. The molecule has 1 unspecified atom stereocenters. The molecule has 0 saturated heterocycles. The van der Waals surface area contributed by atoms with E-state index in [1.54, 1.807) is 21.0 Å². The summed E-state index contributed by atoms with van der Waals surface area (Å²) in [5.41, 5.74) is 1.52. The molecule has 7 heteroatoms. The largest absolute Gasteiger partial charge is 0.466 e. The number of ether oxygens (including phenoxy) is 3. The van der Waals surface area contributed by atoms with E-state index in [9.17, 15) is 9.59 Å². The van der Waals surface area contributed by atoms with Gasteiger partial charge in [0.15, 0.2) is 0 Å². The highest BCUT2D eigenvalue weighted by molar-refractivity contribution is 6.30. The van der Waals surface area contributed by atoms with Crippen LogP contribution in [0, 0.1) is 5.41 Å². The molecule has 1 amide bonds. The molecule has 0 heterocycles. The molecular weight excluding hydrogens is 454 g/mol. The first-order valence-corrected chi connectivity index (χ1v) is 11.8. The molecule has 0 aliphatic rings. The lowest BCUT2D eigenvalue weighted by molar-refractivity contribution is -0.158. The van der Waals surface area contributed by atoms with E-state index in [4.69, 9.17) is 25.8 Å². The van der Waals surface area contributed by atoms with Gasteiger partial charge in [0.25, 0.3) is 0 Å². The van der Waals surface area contributed by atoms with Gasteiger partial charge < -0.3 is 19.5 Å². The molecule has 0 aliphatic carbocycles. The first kappa shape index (κ1) is 27.7. The molecule has 2 aromatic rings. The fourth-order valence-corrected chi connectivity index (χ4v) is 3.99. The Morgan fingerprint density at radius 3 is 2.26 bits per heavy atom. The average Bonchev–Trinajstić information content (AvgIpc) is 2.73. The SMILES string of the molecule is CCOC(=O)C(C)(COC)C[C@@H](Cc1ccc(-c2cccc(Cl)c2)cc1)NC(=O)OC(C)(C)C. The van der Waals surface area contributed by atoms with Gasteiger partial charge in [0, 0.05) is 18.2 Å². The number of nitrogens with one attached hydrogen (secondary N) is 1. The number of carbonyl (C=O) groups is 2. The highest BCUT2D eigenvalue weighted by atomic mass is 35.5. The zero-order chi connectivity index (χ0) is 25.4. The first-order valence-electron chi connectivity index (χ1n) is 11.5. The lowest BCUT2D eigenvalue weighted by Gasteiger charge is -2.31. The Morgan fingerprint density at radius 2 is 1.71 bits per heavy atom. The van der Waals surface area contributed by atoms with Crippen molar-refractivity contribution in [1.82, 2.24) is 5.32 Å². The lowest BCUT2D eigenvalue weighted by Crippen LogP contribution is -2.46. The second-order valence-corrected chi connectivity index (χ2v) is 10.1. The molecule has 6 nitrogen and oxygen atoms in total. The van der Waals surface area contributed by atoms with Crippen LogP contribution in [0.2, 0.25) is 5.02 Å². The number of benzene rings is 2. The van der Waals surface area contributed by atoms with Gasteiger partial charge in [-0.1, -0.05) is 48.0 Å². The number of hydrogen-bond donors (Lipinski definition) is 1. The van der Waals surface area contributed by atoms with Crippen LogP contribution in [0.3, 0.4) is 0 Å². The maximum atomic E-state index is 12.7. The van der Waals surface area contributed by atoms with Crippen LogP contribution in [0.5, 0.6) is 0 Å². The van der Waals surface area contributed by atoms with Gasteiger partial charge in [0.2, 0.25) is 0 Å². The monoisotopic (exact) mass is 489 g/mol. The van der Waals surface area contributed by atoms with Crippen molar-refractivity contribution in [2.45, 2.75) is 59.1 Å². The maximum Gasteiger partial charge on any atom is 0.407 e. The van der Waals surface area contributed by atoms with E-state index in [0.717, 1.165) is 16.7 Å². The minimum absolute atomic E-state index is 0.173. The molecule has 0 radical (unpaired) electrons. The van der Waals surface area contributed by atoms with Gasteiger partial charge in [0.1, 0.15) is 5.60 Å². The Morgan fingerprint density at radius 1 is 1.03 bits per heavy atom. The van der Waals surface area contributed by atoms with Gasteiger partial charge in [-0.05, 0) is 76.3 Å². The topological polar surface area (TPSA) is 73.9 Å². The Labute approximate surface area is 207 Å². The second kappa shape index (κ2) is 12.2. The molecule has 186 valence electrons. The maximum absolute atomic E-state index is 12.7. The summed E-state index contributed by atoms with van der Waals surface area (Å²) in [6.45, 7) is 9.43. The summed E-state index contributed by atoms with van der Waals surface area (Å²) < 4.78 is 16.1. The molecule has 0 aliphatic heterocycles. The third-order valence-corrected chi connectivity index (χ3v) is 5.48. The quantitative estimate of drug-likeness (QED) is 0.411. The molecule has 0 spiro atoms. The highest BCUT2D eigenvalue weighted by Crippen LogP contribution is 2.28. The molecule has 0 fully saturated rings. The van der Waals surface area contributed by atoms with Crippen molar-refractivity contribution in [3.63, 3.8) is 0 Å². The number of hydrogen-bond acceptors (Lipinski definition) is 5. The van der Waals surface area contributed by atoms with Crippen molar-refractivity contribution < 1.29 is 23.8 Å². The van der Waals surface area contributed by atoms with Crippen molar-refractivity contribution in [3.05, 3.63) is 59.1 Å². The fourth-order valence-electron chi connectivity index (χ4n) is 3.80. The highest BCUT2D eigenvalue weighted by Gasteiger charge is 2.38. The molecule has 34 heavy (non-hydrogen) atoms. The van der Waals surface area contributed by atoms with Crippen LogP contribution in [-0.2, 0) is 25.4 Å². The minimum Gasteiger partial charge on any atom is -0.466 e. The van der Waals surface area contributed by atoms with Crippen LogP contribution >= 0.6 is 11.6 Å². The minimum atomic E-state index is -0.925. The van der Waals surface area contributed by atoms with Crippen LogP contribution in [0.15, 0.2) is 48.5 Å². The second-order valence-electron chi connectivity index (χ2n) is 9.67. The van der Waals surface area contributed by atoms with Crippen molar-refractivity contribution in [1.29, 1.82) is 0 Å². The number of methoxy groups -OCH3 is 1. The van der Waals surface area contributed by atoms with E-state index >= 15 is 0 Å². The number of halogens is 1. The van der Waals surface area contributed by atoms with Crippen LogP contribution in [0.1, 0.15) is 46.6 Å². The van der Waals surface area contributed by atoms with Crippen LogP contribution in [0.4, 0.5) is 4.79 Å². The van der Waals surface area contributed by atoms with Gasteiger partial charge in [-0.2, -0.15) is 0 Å². The summed E-state index contributed by atoms with van der Waals surface area (Å²) in [6, 6.07) is 15.4. The van der Waals surface area contributed by atoms with E-state index in [2.05, 4.69) is 5.32 Å². The number of amides is 1. The Balaban J connectivity index is 2.26. The third-order valence-electron chi connectivity index (χ3n) is 5.24. The van der Waals surface area contributed by atoms with E-state index in [0.29, 0.717) is 17.9 Å². The first-order chi connectivity index (χ1) is 16.0. The zero-order valence-electron chi connectivity index (χ0n) is 20.9. The fraction of sp³-hybridized carbons (Fsp3) is 0.481. The van der Waals surface area contributed by atoms with E-state index in [-0.39, 0.29) is 25.2 Å². The molecule has 1 N–H and O–H groups in total. The summed E-state index contributed by atoms with van der Waals surface area (Å²) in [4.78, 5) is 25.3. The Hall–Kier alpha value is -2.57. The predicted molar refractivity (Wildman–Crippen MR) is 135 cm³/mol. The van der Waals surface area contributed by atoms with Crippen molar-refractivity contribution >= 4 is 23.7 Å². The van der Waals surface area contributed by atoms with Crippen LogP contribution < -0.4 is 5.32 Å². The summed E-state index contributed by atoms with van der Waals surface area (Å²) in [5.74, 6) is -0.357. The average molecular weight is 490 g/mol. The Kier molecular flexibility index (Phi) is 9.95. The molecular formula is C27H36ClNO5. The molecule has 0 aromatic heterocycles. The van der Waals surface area contributed by atoms with Gasteiger partial charge >= 0.3 is 12.1 Å². The summed E-state index contributed by atoms with van der Waals surface area (Å²) in [7, 11) is 1.54. The zero-order valence-corrected chi connectivity index (χ0v) is 21.7. The van der Waals surface area contributed by atoms with Gasteiger partial charge in [-0.25, -0.2) is 4.79 Å². The van der Waals surface area contributed by atoms with Gasteiger partial charge in [0.05, 0.1) is 18.6 Å². The number of rotatable bonds is 10. The number of alkyl carbamates (subject to hydrolysis) is 1. The molecule has 2 aromatic carbocycles. The van der Waals surface area contributed by atoms with E-state index < -0.39 is 17.1 Å². The van der Waals surface area contributed by atoms with Crippen LogP contribution in [-0.4, -0.2) is 44.0 Å². The summed E-state index contributed by atoms with van der Waals surface area (Å²) >= 11 is 6.12.